The van der Waals surface area contributed by atoms with Gasteiger partial charge in [0.15, 0.2) is 0 Å². The molecule has 4 nitrogen and oxygen atoms in total. The van der Waals surface area contributed by atoms with Gasteiger partial charge in [0.25, 0.3) is 0 Å². The van der Waals surface area contributed by atoms with Gasteiger partial charge in [-0.2, -0.15) is 13.2 Å². The first-order chi connectivity index (χ1) is 14.6. The standard InChI is InChI=1S/C22H22Cl2F3N3O/c1-3-30(4-2)12-11-28-20-9-8-17(14-19(20)24)29-21(31)10-6-15-5-7-16(13-18(15)23)22(25,26)27/h5,7-9,13-14,28H,3-4,11-12H2,1-2H3,(H,29,31). The number of likely N-dealkylation sites (N-methyl/N-ethyl adjacent to an activating group) is 1. The van der Waals surface area contributed by atoms with Crippen LogP contribution in [0.4, 0.5) is 24.5 Å². The van der Waals surface area contributed by atoms with Crippen molar-refractivity contribution in [1.82, 2.24) is 4.90 Å². The number of alkyl halides is 3. The van der Waals surface area contributed by atoms with Crippen molar-refractivity contribution in [3.63, 3.8) is 0 Å². The Labute approximate surface area is 189 Å². The van der Waals surface area contributed by atoms with Gasteiger partial charge in [-0.25, -0.2) is 0 Å². The number of nitrogens with zero attached hydrogens (tertiary/aromatic N) is 1. The Kier molecular flexibility index (Phi) is 9.05. The number of amides is 1. The third kappa shape index (κ3) is 7.66. The van der Waals surface area contributed by atoms with Crippen molar-refractivity contribution in [2.24, 2.45) is 0 Å². The highest BCUT2D eigenvalue weighted by Crippen LogP contribution is 2.32. The fourth-order valence-electron chi connectivity index (χ4n) is 2.70. The molecule has 0 heterocycles. The predicted octanol–water partition coefficient (Wildman–Crippen LogP) is 5.76. The van der Waals surface area contributed by atoms with Gasteiger partial charge in [0.2, 0.25) is 0 Å². The number of benzene rings is 2. The number of carbonyl (C=O) groups excluding carboxylic acids is 1. The largest absolute Gasteiger partial charge is 0.416 e. The Morgan fingerprint density at radius 3 is 2.35 bits per heavy atom. The van der Waals surface area contributed by atoms with Crippen LogP contribution in [0.1, 0.15) is 25.0 Å². The number of nitrogens with one attached hydrogen (secondary N) is 2. The highest BCUT2D eigenvalue weighted by Gasteiger charge is 2.30. The van der Waals surface area contributed by atoms with Crippen molar-refractivity contribution in [2.45, 2.75) is 20.0 Å². The summed E-state index contributed by atoms with van der Waals surface area (Å²) in [5, 5.41) is 6.08. The van der Waals surface area contributed by atoms with E-state index in [-0.39, 0.29) is 10.6 Å². The first-order valence-electron chi connectivity index (χ1n) is 9.59. The number of hydrogen-bond acceptors (Lipinski definition) is 3. The maximum Gasteiger partial charge on any atom is 0.416 e. The Morgan fingerprint density at radius 2 is 1.77 bits per heavy atom. The lowest BCUT2D eigenvalue weighted by Gasteiger charge is -2.18. The zero-order chi connectivity index (χ0) is 23.0. The maximum absolute atomic E-state index is 12.7. The van der Waals surface area contributed by atoms with Crippen molar-refractivity contribution in [3.8, 4) is 11.8 Å². The van der Waals surface area contributed by atoms with Crippen molar-refractivity contribution < 1.29 is 18.0 Å². The summed E-state index contributed by atoms with van der Waals surface area (Å²) in [5.41, 5.74) is 0.426. The van der Waals surface area contributed by atoms with E-state index in [1.54, 1.807) is 18.2 Å². The summed E-state index contributed by atoms with van der Waals surface area (Å²) in [5.74, 6) is 4.14. The van der Waals surface area contributed by atoms with Gasteiger partial charge in [0.05, 0.1) is 21.3 Å². The van der Waals surface area contributed by atoms with E-state index in [4.69, 9.17) is 23.2 Å². The third-order valence-electron chi connectivity index (χ3n) is 4.47. The molecule has 0 radical (unpaired) electrons. The molecule has 0 bridgehead atoms. The molecular weight excluding hydrogens is 450 g/mol. The average Bonchev–Trinajstić information content (AvgIpc) is 2.71. The van der Waals surface area contributed by atoms with Crippen LogP contribution >= 0.6 is 23.2 Å². The number of hydrogen-bond donors (Lipinski definition) is 2. The first kappa shape index (κ1) is 24.9. The predicted molar refractivity (Wildman–Crippen MR) is 120 cm³/mol. The topological polar surface area (TPSA) is 44.4 Å². The molecule has 2 rings (SSSR count). The van der Waals surface area contributed by atoms with E-state index in [1.165, 1.54) is 0 Å². The molecule has 0 unspecified atom stereocenters. The average molecular weight is 472 g/mol. The molecule has 0 aliphatic carbocycles. The second-order valence-electron chi connectivity index (χ2n) is 6.54. The minimum absolute atomic E-state index is 0.121. The van der Waals surface area contributed by atoms with Gasteiger partial charge in [-0.15, -0.1) is 0 Å². The summed E-state index contributed by atoms with van der Waals surface area (Å²) in [6, 6.07) is 7.78. The SMILES string of the molecule is CCN(CC)CCNc1ccc(NC(=O)C#Cc2ccc(C(F)(F)F)cc2Cl)cc1Cl. The summed E-state index contributed by atoms with van der Waals surface area (Å²) in [7, 11) is 0. The molecule has 2 aromatic carbocycles. The number of carbonyl (C=O) groups is 1. The smallest absolute Gasteiger partial charge is 0.383 e. The molecule has 9 heteroatoms. The fourth-order valence-corrected chi connectivity index (χ4v) is 3.18. The summed E-state index contributed by atoms with van der Waals surface area (Å²) >= 11 is 12.1. The molecule has 0 aromatic heterocycles. The second kappa shape index (κ2) is 11.3. The normalized spacial score (nSPS) is 11.1. The molecule has 0 spiro atoms. The minimum atomic E-state index is -4.50. The molecule has 2 N–H and O–H groups in total. The summed E-state index contributed by atoms with van der Waals surface area (Å²) in [6.07, 6.45) is -4.50. The maximum atomic E-state index is 12.7. The Balaban J connectivity index is 1.98. The van der Waals surface area contributed by atoms with E-state index in [1.807, 2.05) is 0 Å². The zero-order valence-corrected chi connectivity index (χ0v) is 18.5. The molecular formula is C22H22Cl2F3N3O. The monoisotopic (exact) mass is 471 g/mol. The van der Waals surface area contributed by atoms with Crippen LogP contribution in [0.2, 0.25) is 10.0 Å². The van der Waals surface area contributed by atoms with Crippen molar-refractivity contribution in [1.29, 1.82) is 0 Å². The van der Waals surface area contributed by atoms with Crippen LogP contribution in [0.3, 0.4) is 0 Å². The van der Waals surface area contributed by atoms with Crippen LogP contribution in [-0.4, -0.2) is 37.0 Å². The van der Waals surface area contributed by atoms with E-state index in [9.17, 15) is 18.0 Å². The van der Waals surface area contributed by atoms with Crippen LogP contribution in [-0.2, 0) is 11.0 Å². The molecule has 0 atom stereocenters. The molecule has 0 saturated heterocycles. The number of anilines is 2. The molecule has 0 fully saturated rings. The highest BCUT2D eigenvalue weighted by molar-refractivity contribution is 6.33. The van der Waals surface area contributed by atoms with Gasteiger partial charge in [0.1, 0.15) is 0 Å². The third-order valence-corrected chi connectivity index (χ3v) is 5.10. The lowest BCUT2D eigenvalue weighted by Crippen LogP contribution is -2.28. The molecule has 1 amide bonds. The Bertz CT molecular complexity index is 980. The molecule has 0 aliphatic rings. The molecule has 166 valence electrons. The highest BCUT2D eigenvalue weighted by atomic mass is 35.5. The Morgan fingerprint density at radius 1 is 1.06 bits per heavy atom. The van der Waals surface area contributed by atoms with Gasteiger partial charge >= 0.3 is 12.1 Å². The van der Waals surface area contributed by atoms with Crippen LogP contribution in [0.5, 0.6) is 0 Å². The summed E-state index contributed by atoms with van der Waals surface area (Å²) in [6.45, 7) is 7.74. The Hall–Kier alpha value is -2.40. The minimum Gasteiger partial charge on any atom is -0.383 e. The van der Waals surface area contributed by atoms with Gasteiger partial charge < -0.3 is 15.5 Å². The van der Waals surface area contributed by atoms with E-state index in [2.05, 4.69) is 41.2 Å². The van der Waals surface area contributed by atoms with Crippen molar-refractivity contribution in [3.05, 3.63) is 57.6 Å². The van der Waals surface area contributed by atoms with Crippen LogP contribution in [0, 0.1) is 11.8 Å². The van der Waals surface area contributed by atoms with Gasteiger partial charge in [-0.1, -0.05) is 43.0 Å². The van der Waals surface area contributed by atoms with E-state index < -0.39 is 17.6 Å². The fraction of sp³-hybridized carbons (Fsp3) is 0.318. The van der Waals surface area contributed by atoms with E-state index in [0.29, 0.717) is 10.7 Å². The van der Waals surface area contributed by atoms with Crippen LogP contribution in [0.25, 0.3) is 0 Å². The van der Waals surface area contributed by atoms with Crippen molar-refractivity contribution in [2.75, 3.05) is 36.8 Å². The summed E-state index contributed by atoms with van der Waals surface area (Å²) < 4.78 is 38.0. The second-order valence-corrected chi connectivity index (χ2v) is 7.36. The van der Waals surface area contributed by atoms with E-state index >= 15 is 0 Å². The van der Waals surface area contributed by atoms with Crippen molar-refractivity contribution >= 4 is 40.5 Å². The molecule has 0 saturated carbocycles. The zero-order valence-electron chi connectivity index (χ0n) is 17.0. The lowest BCUT2D eigenvalue weighted by atomic mass is 10.1. The van der Waals surface area contributed by atoms with Gasteiger partial charge in [0, 0.05) is 30.3 Å². The molecule has 31 heavy (non-hydrogen) atoms. The quantitative estimate of drug-likeness (QED) is 0.504. The van der Waals surface area contributed by atoms with E-state index in [0.717, 1.165) is 50.1 Å². The van der Waals surface area contributed by atoms with Crippen LogP contribution < -0.4 is 10.6 Å². The number of rotatable bonds is 7. The lowest BCUT2D eigenvalue weighted by molar-refractivity contribution is -0.137. The molecule has 0 aliphatic heterocycles. The van der Waals surface area contributed by atoms with Gasteiger partial charge in [-0.3, -0.25) is 4.79 Å². The molecule has 2 aromatic rings. The summed E-state index contributed by atoms with van der Waals surface area (Å²) in [4.78, 5) is 14.3. The number of halogens is 5. The van der Waals surface area contributed by atoms with Gasteiger partial charge in [-0.05, 0) is 49.5 Å². The first-order valence-corrected chi connectivity index (χ1v) is 10.3. The van der Waals surface area contributed by atoms with Crippen LogP contribution in [0.15, 0.2) is 36.4 Å².